The van der Waals surface area contributed by atoms with Crippen molar-refractivity contribution in [2.24, 2.45) is 10.7 Å². The molecule has 18 heavy (non-hydrogen) atoms. The Morgan fingerprint density at radius 3 is 2.72 bits per heavy atom. The average Bonchev–Trinajstić information content (AvgIpc) is 2.38. The minimum atomic E-state index is 0.949. The lowest BCUT2D eigenvalue weighted by atomic mass is 10.0. The van der Waals surface area contributed by atoms with Gasteiger partial charge in [0, 0.05) is 25.0 Å². The Morgan fingerprint density at radius 1 is 1.39 bits per heavy atom. The zero-order valence-corrected chi connectivity index (χ0v) is 11.5. The molecule has 0 aliphatic heterocycles. The van der Waals surface area contributed by atoms with E-state index in [1.807, 2.05) is 0 Å². The Hall–Kier alpha value is -1.83. The minimum Gasteiger partial charge on any atom is -0.404 e. The largest absolute Gasteiger partial charge is 0.404 e. The lowest BCUT2D eigenvalue weighted by Gasteiger charge is -2.06. The summed E-state index contributed by atoms with van der Waals surface area (Å²) in [5.74, 6) is 0. The molecular weight excluding hydrogens is 220 g/mol. The maximum absolute atomic E-state index is 5.61. The fourth-order valence-corrected chi connectivity index (χ4v) is 1.77. The number of hydrogen-bond donors (Lipinski definition) is 1. The number of aliphatic imine (C=N–C) groups is 1. The summed E-state index contributed by atoms with van der Waals surface area (Å²) in [6, 6.07) is 6.36. The molecule has 0 saturated heterocycles. The number of hydrogen-bond acceptors (Lipinski definition) is 2. The van der Waals surface area contributed by atoms with Crippen molar-refractivity contribution in [2.45, 2.75) is 26.7 Å². The summed E-state index contributed by atoms with van der Waals surface area (Å²) in [5, 5.41) is 0. The average molecular weight is 242 g/mol. The van der Waals surface area contributed by atoms with Gasteiger partial charge in [-0.25, -0.2) is 0 Å². The van der Waals surface area contributed by atoms with Crippen molar-refractivity contribution in [1.82, 2.24) is 0 Å². The van der Waals surface area contributed by atoms with Crippen LogP contribution in [0.1, 0.15) is 36.5 Å². The predicted molar refractivity (Wildman–Crippen MR) is 81.7 cm³/mol. The van der Waals surface area contributed by atoms with Crippen LogP contribution in [0, 0.1) is 6.92 Å². The molecule has 0 fully saturated rings. The van der Waals surface area contributed by atoms with E-state index in [-0.39, 0.29) is 0 Å². The van der Waals surface area contributed by atoms with Gasteiger partial charge in [-0.15, -0.1) is 0 Å². The molecule has 0 saturated carbocycles. The third kappa shape index (κ3) is 3.88. The maximum atomic E-state index is 5.61. The van der Waals surface area contributed by atoms with Crippen LogP contribution in [0.2, 0.25) is 0 Å². The second kappa shape index (κ2) is 7.49. The lowest BCUT2D eigenvalue weighted by molar-refractivity contribution is 0.962. The molecule has 2 N–H and O–H groups in total. The first-order chi connectivity index (χ1) is 8.72. The Bertz CT molecular complexity index is 468. The first-order valence-corrected chi connectivity index (χ1v) is 6.34. The standard InChI is InChI=1S/C16H22N2/c1-4-5-6-7-14-8-9-15(10-13(14)2)16(11-17)12-18-3/h6-12H,4-5,17H2,1-3H3/b7-6-,16-11?,18-12?. The van der Waals surface area contributed by atoms with Crippen molar-refractivity contribution in [3.8, 4) is 0 Å². The highest BCUT2D eigenvalue weighted by Crippen LogP contribution is 2.18. The molecule has 0 aromatic heterocycles. The van der Waals surface area contributed by atoms with Crippen LogP contribution in [0.25, 0.3) is 11.6 Å². The Morgan fingerprint density at radius 2 is 2.17 bits per heavy atom. The summed E-state index contributed by atoms with van der Waals surface area (Å²) < 4.78 is 0. The first kappa shape index (κ1) is 14.2. The quantitative estimate of drug-likeness (QED) is 0.783. The van der Waals surface area contributed by atoms with E-state index in [4.69, 9.17) is 5.73 Å². The third-order valence-electron chi connectivity index (χ3n) is 2.80. The molecule has 0 spiro atoms. The van der Waals surface area contributed by atoms with E-state index in [2.05, 4.69) is 49.2 Å². The highest BCUT2D eigenvalue weighted by Gasteiger charge is 2.01. The number of unbranched alkanes of at least 4 members (excludes halogenated alkanes) is 1. The van der Waals surface area contributed by atoms with Crippen molar-refractivity contribution in [3.63, 3.8) is 0 Å². The Kier molecular flexibility index (Phi) is 5.92. The van der Waals surface area contributed by atoms with Crippen LogP contribution in [-0.4, -0.2) is 13.3 Å². The zero-order chi connectivity index (χ0) is 13.4. The van der Waals surface area contributed by atoms with E-state index in [1.54, 1.807) is 19.5 Å². The van der Waals surface area contributed by atoms with Crippen molar-refractivity contribution in [3.05, 3.63) is 47.2 Å². The molecule has 1 aromatic rings. The number of nitrogens with two attached hydrogens (primary N) is 1. The zero-order valence-electron chi connectivity index (χ0n) is 11.5. The number of aryl methyl sites for hydroxylation is 1. The molecule has 0 aliphatic rings. The van der Waals surface area contributed by atoms with E-state index < -0.39 is 0 Å². The highest BCUT2D eigenvalue weighted by molar-refractivity contribution is 6.09. The molecule has 0 atom stereocenters. The summed E-state index contributed by atoms with van der Waals surface area (Å²) in [4.78, 5) is 4.01. The SMILES string of the molecule is CCC/C=C\c1ccc(C(C=NC)=CN)cc1C. The second-order valence-electron chi connectivity index (χ2n) is 4.27. The maximum Gasteiger partial charge on any atom is 0.0301 e. The van der Waals surface area contributed by atoms with Gasteiger partial charge in [-0.3, -0.25) is 4.99 Å². The molecule has 0 heterocycles. The van der Waals surface area contributed by atoms with Crippen LogP contribution in [0.4, 0.5) is 0 Å². The van der Waals surface area contributed by atoms with Gasteiger partial charge in [0.2, 0.25) is 0 Å². The number of nitrogens with zero attached hydrogens (tertiary/aromatic N) is 1. The first-order valence-electron chi connectivity index (χ1n) is 6.34. The number of allylic oxidation sites excluding steroid dienone is 2. The van der Waals surface area contributed by atoms with Crippen LogP contribution >= 0.6 is 0 Å². The fraction of sp³-hybridized carbons (Fsp3) is 0.312. The number of rotatable bonds is 5. The highest BCUT2D eigenvalue weighted by atomic mass is 14.6. The predicted octanol–water partition coefficient (Wildman–Crippen LogP) is 3.81. The van der Waals surface area contributed by atoms with E-state index in [0.717, 1.165) is 17.6 Å². The molecule has 2 nitrogen and oxygen atoms in total. The van der Waals surface area contributed by atoms with E-state index in [9.17, 15) is 0 Å². The molecule has 0 aliphatic carbocycles. The van der Waals surface area contributed by atoms with Gasteiger partial charge < -0.3 is 5.73 Å². The summed E-state index contributed by atoms with van der Waals surface area (Å²) in [7, 11) is 1.75. The lowest BCUT2D eigenvalue weighted by Crippen LogP contribution is -1.93. The third-order valence-corrected chi connectivity index (χ3v) is 2.80. The molecule has 96 valence electrons. The molecule has 2 heteroatoms. The van der Waals surface area contributed by atoms with Gasteiger partial charge in [0.15, 0.2) is 0 Å². The van der Waals surface area contributed by atoms with Crippen molar-refractivity contribution in [2.75, 3.05) is 7.05 Å². The van der Waals surface area contributed by atoms with Crippen LogP contribution in [-0.2, 0) is 0 Å². The molecular formula is C16H22N2. The van der Waals surface area contributed by atoms with Gasteiger partial charge in [0.25, 0.3) is 0 Å². The van der Waals surface area contributed by atoms with Gasteiger partial charge in [-0.2, -0.15) is 0 Å². The normalized spacial score (nSPS) is 12.7. The fourth-order valence-electron chi connectivity index (χ4n) is 1.77. The van der Waals surface area contributed by atoms with Crippen molar-refractivity contribution in [1.29, 1.82) is 0 Å². The Labute approximate surface area is 110 Å². The molecule has 0 amide bonds. The van der Waals surface area contributed by atoms with Gasteiger partial charge in [-0.05, 0) is 30.0 Å². The van der Waals surface area contributed by atoms with Crippen LogP contribution in [0.5, 0.6) is 0 Å². The molecule has 0 unspecified atom stereocenters. The van der Waals surface area contributed by atoms with Gasteiger partial charge in [0.1, 0.15) is 0 Å². The van der Waals surface area contributed by atoms with Gasteiger partial charge >= 0.3 is 0 Å². The molecule has 1 rings (SSSR count). The van der Waals surface area contributed by atoms with Crippen LogP contribution in [0.3, 0.4) is 0 Å². The summed E-state index contributed by atoms with van der Waals surface area (Å²) in [6.07, 6.45) is 10.1. The van der Waals surface area contributed by atoms with E-state index in [0.29, 0.717) is 0 Å². The number of benzene rings is 1. The summed E-state index contributed by atoms with van der Waals surface area (Å²) in [5.41, 5.74) is 10.2. The second-order valence-corrected chi connectivity index (χ2v) is 4.27. The van der Waals surface area contributed by atoms with Crippen LogP contribution in [0.15, 0.2) is 35.5 Å². The molecule has 0 bridgehead atoms. The smallest absolute Gasteiger partial charge is 0.0301 e. The molecule has 0 radical (unpaired) electrons. The summed E-state index contributed by atoms with van der Waals surface area (Å²) in [6.45, 7) is 4.30. The topological polar surface area (TPSA) is 38.4 Å². The molecule has 1 aromatic carbocycles. The van der Waals surface area contributed by atoms with E-state index in [1.165, 1.54) is 17.5 Å². The van der Waals surface area contributed by atoms with E-state index >= 15 is 0 Å². The minimum absolute atomic E-state index is 0.949. The summed E-state index contributed by atoms with van der Waals surface area (Å²) >= 11 is 0. The monoisotopic (exact) mass is 242 g/mol. The van der Waals surface area contributed by atoms with Gasteiger partial charge in [-0.1, -0.05) is 43.7 Å². The van der Waals surface area contributed by atoms with Crippen LogP contribution < -0.4 is 5.73 Å². The van der Waals surface area contributed by atoms with Crippen molar-refractivity contribution < 1.29 is 0 Å². The van der Waals surface area contributed by atoms with Gasteiger partial charge in [0.05, 0.1) is 0 Å². The Balaban J connectivity index is 2.98. The van der Waals surface area contributed by atoms with Crippen molar-refractivity contribution >= 4 is 17.9 Å².